The molecule has 35 heavy (non-hydrogen) atoms. The van der Waals surface area contributed by atoms with Crippen molar-refractivity contribution in [2.24, 2.45) is 0 Å². The van der Waals surface area contributed by atoms with Gasteiger partial charge in [-0.3, -0.25) is 4.79 Å². The van der Waals surface area contributed by atoms with Crippen molar-refractivity contribution in [2.45, 2.75) is 32.4 Å². The Balaban J connectivity index is 1.84. The van der Waals surface area contributed by atoms with Gasteiger partial charge in [0.05, 0.1) is 0 Å². The number of nitrogens with one attached hydrogen (secondary N) is 1. The number of thioether (sulfide) groups is 1. The Morgan fingerprint density at radius 2 is 1.69 bits per heavy atom. The minimum atomic E-state index is -1.01. The minimum Gasteiger partial charge on any atom is -0.480 e. The van der Waals surface area contributed by atoms with E-state index in [9.17, 15) is 14.7 Å². The van der Waals surface area contributed by atoms with Crippen LogP contribution in [0.25, 0.3) is 11.1 Å². The van der Waals surface area contributed by atoms with Gasteiger partial charge in [0, 0.05) is 18.7 Å². The zero-order valence-corrected chi connectivity index (χ0v) is 21.5. The van der Waals surface area contributed by atoms with Crippen molar-refractivity contribution >= 4 is 23.6 Å². The molecule has 0 aliphatic heterocycles. The first-order chi connectivity index (χ1) is 16.9. The second-order valence-corrected chi connectivity index (χ2v) is 9.80. The second kappa shape index (κ2) is 13.1. The van der Waals surface area contributed by atoms with Gasteiger partial charge in [-0.05, 0) is 78.8 Å². The average molecular weight is 491 g/mol. The van der Waals surface area contributed by atoms with Crippen molar-refractivity contribution in [1.82, 2.24) is 10.2 Å². The van der Waals surface area contributed by atoms with Gasteiger partial charge in [-0.25, -0.2) is 4.79 Å². The molecule has 1 unspecified atom stereocenters. The summed E-state index contributed by atoms with van der Waals surface area (Å²) in [6.07, 6.45) is 3.27. The number of rotatable bonds is 12. The largest absolute Gasteiger partial charge is 0.480 e. The molecular formula is C29H34N2O3S. The molecule has 0 aliphatic carbocycles. The zero-order chi connectivity index (χ0) is 25.2. The highest BCUT2D eigenvalue weighted by molar-refractivity contribution is 7.98. The van der Waals surface area contributed by atoms with E-state index in [0.29, 0.717) is 17.7 Å². The van der Waals surface area contributed by atoms with Crippen LogP contribution in [-0.2, 0) is 17.8 Å². The second-order valence-electron chi connectivity index (χ2n) is 8.81. The maximum atomic E-state index is 13.2. The van der Waals surface area contributed by atoms with Crippen LogP contribution in [0.1, 0.15) is 33.5 Å². The van der Waals surface area contributed by atoms with E-state index in [1.165, 1.54) is 5.56 Å². The predicted octanol–water partition coefficient (Wildman–Crippen LogP) is 5.27. The fourth-order valence-electron chi connectivity index (χ4n) is 4.07. The van der Waals surface area contributed by atoms with E-state index >= 15 is 0 Å². The van der Waals surface area contributed by atoms with Gasteiger partial charge in [0.2, 0.25) is 0 Å². The van der Waals surface area contributed by atoms with Gasteiger partial charge in [-0.2, -0.15) is 11.8 Å². The first-order valence-electron chi connectivity index (χ1n) is 11.8. The van der Waals surface area contributed by atoms with Crippen molar-refractivity contribution in [3.8, 4) is 11.1 Å². The Morgan fingerprint density at radius 3 is 2.37 bits per heavy atom. The number of carboxylic acid groups (broad SMARTS) is 1. The number of carbonyl (C=O) groups excluding carboxylic acids is 1. The summed E-state index contributed by atoms with van der Waals surface area (Å²) in [4.78, 5) is 27.2. The summed E-state index contributed by atoms with van der Waals surface area (Å²) in [6, 6.07) is 23.3. The Morgan fingerprint density at radius 1 is 0.971 bits per heavy atom. The predicted molar refractivity (Wildman–Crippen MR) is 145 cm³/mol. The van der Waals surface area contributed by atoms with Crippen molar-refractivity contribution in [2.75, 3.05) is 25.6 Å². The Labute approximate surface area is 212 Å². The van der Waals surface area contributed by atoms with Crippen LogP contribution in [0.15, 0.2) is 72.8 Å². The van der Waals surface area contributed by atoms with Gasteiger partial charge >= 0.3 is 5.97 Å². The summed E-state index contributed by atoms with van der Waals surface area (Å²) in [5.41, 5.74) is 5.76. The number of nitrogens with zero attached hydrogens (tertiary/aromatic N) is 1. The number of aryl methyl sites for hydroxylation is 1. The Kier molecular flexibility index (Phi) is 9.94. The van der Waals surface area contributed by atoms with Crippen LogP contribution in [0, 0.1) is 6.92 Å². The fraction of sp³-hybridized carbons (Fsp3) is 0.310. The molecule has 6 heteroatoms. The van der Waals surface area contributed by atoms with Gasteiger partial charge in [0.1, 0.15) is 6.04 Å². The summed E-state index contributed by atoms with van der Waals surface area (Å²) < 4.78 is 0. The highest BCUT2D eigenvalue weighted by Crippen LogP contribution is 2.29. The number of carbonyl (C=O) groups is 2. The standard InChI is InChI=1S/C29H34N2O3S/c1-21-9-7-8-12-24(21)26-19-23(20-31(2)17-15-22-10-5-4-6-11-22)13-14-25(26)28(32)30-27(29(33)34)16-18-35-3/h4-14,19,27H,15-18,20H2,1-3H3,(H,30,32)(H,33,34). The van der Waals surface area contributed by atoms with Crippen molar-refractivity contribution in [1.29, 1.82) is 0 Å². The lowest BCUT2D eigenvalue weighted by molar-refractivity contribution is -0.139. The monoisotopic (exact) mass is 490 g/mol. The summed E-state index contributed by atoms with van der Waals surface area (Å²) in [5.74, 6) is -0.710. The Bertz CT molecular complexity index is 1130. The summed E-state index contributed by atoms with van der Waals surface area (Å²) in [5, 5.41) is 12.3. The number of hydrogen-bond donors (Lipinski definition) is 2. The third-order valence-corrected chi connectivity index (χ3v) is 6.70. The molecule has 1 amide bonds. The molecule has 0 saturated carbocycles. The lowest BCUT2D eigenvalue weighted by Crippen LogP contribution is -2.41. The lowest BCUT2D eigenvalue weighted by Gasteiger charge is -2.20. The molecule has 0 bridgehead atoms. The number of aliphatic carboxylic acids is 1. The van der Waals surface area contributed by atoms with Crippen LogP contribution in [0.3, 0.4) is 0 Å². The number of hydrogen-bond acceptors (Lipinski definition) is 4. The van der Waals surface area contributed by atoms with E-state index < -0.39 is 12.0 Å². The van der Waals surface area contributed by atoms with Gasteiger partial charge in [0.15, 0.2) is 0 Å². The molecule has 184 valence electrons. The summed E-state index contributed by atoms with van der Waals surface area (Å²) in [6.45, 7) is 3.69. The van der Waals surface area contributed by atoms with Gasteiger partial charge in [-0.15, -0.1) is 0 Å². The van der Waals surface area contributed by atoms with E-state index in [1.807, 2.05) is 55.6 Å². The summed E-state index contributed by atoms with van der Waals surface area (Å²) >= 11 is 1.56. The van der Waals surface area contributed by atoms with E-state index in [2.05, 4.69) is 47.6 Å². The molecule has 2 N–H and O–H groups in total. The third kappa shape index (κ3) is 7.70. The Hall–Kier alpha value is -3.09. The van der Waals surface area contributed by atoms with Crippen LogP contribution in [0.4, 0.5) is 0 Å². The maximum absolute atomic E-state index is 13.2. The normalized spacial score (nSPS) is 11.9. The first-order valence-corrected chi connectivity index (χ1v) is 13.2. The fourth-order valence-corrected chi connectivity index (χ4v) is 4.54. The number of carboxylic acids is 1. The van der Waals surface area contributed by atoms with Gasteiger partial charge < -0.3 is 15.3 Å². The molecule has 0 aromatic heterocycles. The van der Waals surface area contributed by atoms with Crippen molar-refractivity contribution in [3.05, 3.63) is 95.1 Å². The highest BCUT2D eigenvalue weighted by atomic mass is 32.2. The molecule has 5 nitrogen and oxygen atoms in total. The third-order valence-electron chi connectivity index (χ3n) is 6.06. The van der Waals surface area contributed by atoms with E-state index in [1.54, 1.807) is 11.8 Å². The number of likely N-dealkylation sites (N-methyl/N-ethyl adjacent to an activating group) is 1. The molecule has 0 spiro atoms. The molecule has 0 heterocycles. The molecule has 3 aromatic rings. The van der Waals surface area contributed by atoms with Crippen molar-refractivity contribution in [3.63, 3.8) is 0 Å². The van der Waals surface area contributed by atoms with Crippen LogP contribution in [0.5, 0.6) is 0 Å². The van der Waals surface area contributed by atoms with Crippen LogP contribution < -0.4 is 5.32 Å². The molecule has 0 fully saturated rings. The van der Waals surface area contributed by atoms with E-state index in [0.717, 1.165) is 41.8 Å². The molecule has 3 aromatic carbocycles. The van der Waals surface area contributed by atoms with Crippen molar-refractivity contribution < 1.29 is 14.7 Å². The number of amides is 1. The average Bonchev–Trinajstić information content (AvgIpc) is 2.86. The molecule has 0 aliphatic rings. The smallest absolute Gasteiger partial charge is 0.326 e. The SMILES string of the molecule is CSCCC(NC(=O)c1ccc(CN(C)CCc2ccccc2)cc1-c1ccccc1C)C(=O)O. The maximum Gasteiger partial charge on any atom is 0.326 e. The van der Waals surface area contributed by atoms with Crippen LogP contribution in [0.2, 0.25) is 0 Å². The quantitative estimate of drug-likeness (QED) is 0.362. The molecule has 1 atom stereocenters. The minimum absolute atomic E-state index is 0.360. The topological polar surface area (TPSA) is 69.6 Å². The van der Waals surface area contributed by atoms with Gasteiger partial charge in [0.25, 0.3) is 5.91 Å². The van der Waals surface area contributed by atoms with E-state index in [-0.39, 0.29) is 5.91 Å². The zero-order valence-electron chi connectivity index (χ0n) is 20.7. The molecule has 0 radical (unpaired) electrons. The first kappa shape index (κ1) is 26.5. The van der Waals surface area contributed by atoms with Gasteiger partial charge in [-0.1, -0.05) is 60.7 Å². The number of benzene rings is 3. The molecule has 3 rings (SSSR count). The van der Waals surface area contributed by atoms with Crippen LogP contribution >= 0.6 is 11.8 Å². The molecule has 0 saturated heterocycles. The highest BCUT2D eigenvalue weighted by Gasteiger charge is 2.22. The lowest BCUT2D eigenvalue weighted by atomic mass is 9.93. The molecular weight excluding hydrogens is 456 g/mol. The van der Waals surface area contributed by atoms with E-state index in [4.69, 9.17) is 0 Å². The van der Waals surface area contributed by atoms with Crippen LogP contribution in [-0.4, -0.2) is 53.5 Å². The summed E-state index contributed by atoms with van der Waals surface area (Å²) in [7, 11) is 2.10.